The van der Waals surface area contributed by atoms with Gasteiger partial charge in [0, 0.05) is 26.2 Å². The number of guanidine groups is 1. The van der Waals surface area contributed by atoms with Gasteiger partial charge in [0.2, 0.25) is 0 Å². The van der Waals surface area contributed by atoms with Gasteiger partial charge in [-0.2, -0.15) is 0 Å². The summed E-state index contributed by atoms with van der Waals surface area (Å²) in [4.78, 5) is 6.81. The van der Waals surface area contributed by atoms with Crippen molar-refractivity contribution in [2.24, 2.45) is 10.7 Å². The molecule has 0 unspecified atom stereocenters. The van der Waals surface area contributed by atoms with Crippen LogP contribution < -0.4 is 15.8 Å². The first-order valence-corrected chi connectivity index (χ1v) is 8.75. The summed E-state index contributed by atoms with van der Waals surface area (Å²) in [6.07, 6.45) is 3.02. The first kappa shape index (κ1) is 18.5. The molecule has 6 heteroatoms. The maximum atomic E-state index is 5.90. The van der Waals surface area contributed by atoms with Gasteiger partial charge in [0.25, 0.3) is 0 Å². The Kier molecular flexibility index (Phi) is 8.41. The number of hydrogen-bond acceptors (Lipinski definition) is 4. The first-order chi connectivity index (χ1) is 11.8. The lowest BCUT2D eigenvalue weighted by Crippen LogP contribution is -2.39. The average molecular weight is 334 g/mol. The zero-order valence-electron chi connectivity index (χ0n) is 14.7. The van der Waals surface area contributed by atoms with E-state index in [0.717, 1.165) is 70.9 Å². The van der Waals surface area contributed by atoms with E-state index in [0.29, 0.717) is 5.96 Å². The summed E-state index contributed by atoms with van der Waals surface area (Å²) in [5.41, 5.74) is 7.17. The minimum Gasteiger partial charge on any atom is -0.497 e. The first-order valence-electron chi connectivity index (χ1n) is 8.75. The Balaban J connectivity index is 1.54. The quantitative estimate of drug-likeness (QED) is 0.404. The summed E-state index contributed by atoms with van der Waals surface area (Å²) in [6.45, 7) is 6.46. The fourth-order valence-electron chi connectivity index (χ4n) is 2.71. The summed E-state index contributed by atoms with van der Waals surface area (Å²) in [6, 6.07) is 8.15. The normalized spacial score (nSPS) is 16.1. The molecular formula is C18H30N4O2. The number of nitrogens with zero attached hydrogens (tertiary/aromatic N) is 2. The highest BCUT2D eigenvalue weighted by atomic mass is 16.5. The standard InChI is InChI=1S/C18H30N4O2/c1-23-17-7-2-5-16(15-17)6-3-8-20-18(19)21-9-4-10-22-11-13-24-14-12-22/h2,5,7,15H,3-4,6,8-14H2,1H3,(H3,19,20,21). The van der Waals surface area contributed by atoms with Crippen LogP contribution in [0.4, 0.5) is 0 Å². The minimum absolute atomic E-state index is 0.544. The molecule has 2 rings (SSSR count). The smallest absolute Gasteiger partial charge is 0.188 e. The number of benzene rings is 1. The van der Waals surface area contributed by atoms with Crippen molar-refractivity contribution < 1.29 is 9.47 Å². The maximum absolute atomic E-state index is 5.90. The second kappa shape index (κ2) is 10.9. The van der Waals surface area contributed by atoms with E-state index in [-0.39, 0.29) is 0 Å². The Hall–Kier alpha value is -1.79. The molecule has 134 valence electrons. The number of ether oxygens (including phenoxy) is 2. The number of morpholine rings is 1. The molecule has 0 amide bonds. The Labute approximate surface area is 145 Å². The number of nitrogens with two attached hydrogens (primary N) is 1. The van der Waals surface area contributed by atoms with Crippen LogP contribution in [0.5, 0.6) is 5.75 Å². The number of hydrogen-bond donors (Lipinski definition) is 2. The molecule has 0 bridgehead atoms. The summed E-state index contributed by atoms with van der Waals surface area (Å²) >= 11 is 0. The van der Waals surface area contributed by atoms with E-state index < -0.39 is 0 Å². The van der Waals surface area contributed by atoms with Crippen molar-refractivity contribution in [3.8, 4) is 5.75 Å². The van der Waals surface area contributed by atoms with Gasteiger partial charge >= 0.3 is 0 Å². The van der Waals surface area contributed by atoms with Crippen LogP contribution in [-0.4, -0.2) is 63.9 Å². The lowest BCUT2D eigenvalue weighted by atomic mass is 10.1. The molecule has 24 heavy (non-hydrogen) atoms. The highest BCUT2D eigenvalue weighted by Gasteiger charge is 2.08. The Morgan fingerprint density at radius 3 is 2.96 bits per heavy atom. The number of rotatable bonds is 9. The molecular weight excluding hydrogens is 304 g/mol. The third-order valence-electron chi connectivity index (χ3n) is 4.10. The molecule has 1 aromatic carbocycles. The maximum Gasteiger partial charge on any atom is 0.188 e. The second-order valence-corrected chi connectivity index (χ2v) is 5.96. The minimum atomic E-state index is 0.544. The lowest BCUT2D eigenvalue weighted by molar-refractivity contribution is 0.0376. The highest BCUT2D eigenvalue weighted by Crippen LogP contribution is 2.13. The van der Waals surface area contributed by atoms with Crippen LogP contribution >= 0.6 is 0 Å². The number of aliphatic imine (C=N–C) groups is 1. The number of nitrogens with one attached hydrogen (secondary N) is 1. The fraction of sp³-hybridized carbons (Fsp3) is 0.611. The predicted octanol–water partition coefficient (Wildman–Crippen LogP) is 1.25. The summed E-state index contributed by atoms with van der Waals surface area (Å²) < 4.78 is 10.6. The average Bonchev–Trinajstić information content (AvgIpc) is 2.63. The van der Waals surface area contributed by atoms with Gasteiger partial charge in [-0.25, -0.2) is 0 Å². The van der Waals surface area contributed by atoms with Crippen molar-refractivity contribution in [2.45, 2.75) is 19.3 Å². The third kappa shape index (κ3) is 7.19. The van der Waals surface area contributed by atoms with Gasteiger partial charge < -0.3 is 20.5 Å². The van der Waals surface area contributed by atoms with Gasteiger partial charge in [0.15, 0.2) is 5.96 Å². The zero-order chi connectivity index (χ0) is 17.0. The largest absolute Gasteiger partial charge is 0.497 e. The Bertz CT molecular complexity index is 502. The molecule has 0 spiro atoms. The molecule has 0 atom stereocenters. The van der Waals surface area contributed by atoms with Gasteiger partial charge in [0.05, 0.1) is 20.3 Å². The molecule has 6 nitrogen and oxygen atoms in total. The van der Waals surface area contributed by atoms with Gasteiger partial charge in [-0.15, -0.1) is 0 Å². The monoisotopic (exact) mass is 334 g/mol. The van der Waals surface area contributed by atoms with E-state index in [9.17, 15) is 0 Å². The van der Waals surface area contributed by atoms with E-state index in [1.54, 1.807) is 7.11 Å². The van der Waals surface area contributed by atoms with Gasteiger partial charge in [-0.1, -0.05) is 12.1 Å². The SMILES string of the molecule is COc1cccc(CCCN=C(N)NCCCN2CCOCC2)c1. The van der Waals surface area contributed by atoms with Gasteiger partial charge in [-0.05, 0) is 43.5 Å². The van der Waals surface area contributed by atoms with Crippen LogP contribution in [0.2, 0.25) is 0 Å². The van der Waals surface area contributed by atoms with Gasteiger partial charge in [-0.3, -0.25) is 9.89 Å². The van der Waals surface area contributed by atoms with Crippen LogP contribution in [0.15, 0.2) is 29.3 Å². The molecule has 1 aromatic rings. The van der Waals surface area contributed by atoms with E-state index in [2.05, 4.69) is 27.3 Å². The van der Waals surface area contributed by atoms with E-state index >= 15 is 0 Å². The van der Waals surface area contributed by atoms with Crippen LogP contribution in [0.1, 0.15) is 18.4 Å². The Morgan fingerprint density at radius 2 is 2.17 bits per heavy atom. The Morgan fingerprint density at radius 1 is 1.33 bits per heavy atom. The molecule has 0 aromatic heterocycles. The zero-order valence-corrected chi connectivity index (χ0v) is 14.7. The molecule has 0 saturated carbocycles. The van der Waals surface area contributed by atoms with E-state index in [1.165, 1.54) is 5.56 Å². The lowest BCUT2D eigenvalue weighted by Gasteiger charge is -2.26. The van der Waals surface area contributed by atoms with Crippen molar-refractivity contribution in [2.75, 3.05) is 53.0 Å². The molecule has 1 aliphatic heterocycles. The summed E-state index contributed by atoms with van der Waals surface area (Å²) in [5.74, 6) is 1.44. The van der Waals surface area contributed by atoms with Crippen LogP contribution in [0.3, 0.4) is 0 Å². The third-order valence-corrected chi connectivity index (χ3v) is 4.10. The van der Waals surface area contributed by atoms with Crippen molar-refractivity contribution in [1.29, 1.82) is 0 Å². The van der Waals surface area contributed by atoms with Crippen molar-refractivity contribution in [3.63, 3.8) is 0 Å². The summed E-state index contributed by atoms with van der Waals surface area (Å²) in [7, 11) is 1.69. The second-order valence-electron chi connectivity index (χ2n) is 5.96. The molecule has 3 N–H and O–H groups in total. The fourth-order valence-corrected chi connectivity index (χ4v) is 2.71. The van der Waals surface area contributed by atoms with Gasteiger partial charge in [0.1, 0.15) is 5.75 Å². The predicted molar refractivity (Wildman–Crippen MR) is 97.7 cm³/mol. The van der Waals surface area contributed by atoms with Crippen molar-refractivity contribution in [1.82, 2.24) is 10.2 Å². The van der Waals surface area contributed by atoms with E-state index in [1.807, 2.05) is 12.1 Å². The number of aryl methyl sites for hydroxylation is 1. The van der Waals surface area contributed by atoms with Crippen molar-refractivity contribution >= 4 is 5.96 Å². The van der Waals surface area contributed by atoms with Crippen LogP contribution in [0, 0.1) is 0 Å². The molecule has 1 fully saturated rings. The molecule has 1 saturated heterocycles. The molecule has 0 radical (unpaired) electrons. The molecule has 1 aliphatic rings. The summed E-state index contributed by atoms with van der Waals surface area (Å²) in [5, 5.41) is 3.19. The number of methoxy groups -OCH3 is 1. The molecule has 0 aliphatic carbocycles. The molecule has 1 heterocycles. The van der Waals surface area contributed by atoms with E-state index in [4.69, 9.17) is 15.2 Å². The van der Waals surface area contributed by atoms with Crippen molar-refractivity contribution in [3.05, 3.63) is 29.8 Å². The van der Waals surface area contributed by atoms with Crippen LogP contribution in [-0.2, 0) is 11.2 Å². The highest BCUT2D eigenvalue weighted by molar-refractivity contribution is 5.77. The van der Waals surface area contributed by atoms with Crippen LogP contribution in [0.25, 0.3) is 0 Å². The topological polar surface area (TPSA) is 72.1 Å².